The van der Waals surface area contributed by atoms with E-state index < -0.39 is 0 Å². The van der Waals surface area contributed by atoms with Crippen LogP contribution in [0.15, 0.2) is 65.6 Å². The summed E-state index contributed by atoms with van der Waals surface area (Å²) in [5.74, 6) is 0.218. The Balaban J connectivity index is 1.57. The van der Waals surface area contributed by atoms with Gasteiger partial charge in [0.15, 0.2) is 0 Å². The molecule has 0 N–H and O–H groups in total. The van der Waals surface area contributed by atoms with Crippen molar-refractivity contribution in [2.24, 2.45) is 0 Å². The number of carbonyl (C=O) groups excluding carboxylic acids is 2. The third kappa shape index (κ3) is 5.43. The van der Waals surface area contributed by atoms with E-state index in [-0.39, 0.29) is 24.3 Å². The van der Waals surface area contributed by atoms with Crippen LogP contribution in [0.3, 0.4) is 0 Å². The van der Waals surface area contributed by atoms with Gasteiger partial charge in [-0.1, -0.05) is 48.0 Å². The Morgan fingerprint density at radius 2 is 1.83 bits per heavy atom. The summed E-state index contributed by atoms with van der Waals surface area (Å²) in [6.45, 7) is 0.353. The predicted octanol–water partition coefficient (Wildman–Crippen LogP) is 5.08. The molecular weight excluding hydrogens is 408 g/mol. The van der Waals surface area contributed by atoms with Crippen molar-refractivity contribution in [2.75, 3.05) is 32.1 Å². The predicted molar refractivity (Wildman–Crippen MR) is 120 cm³/mol. The molecular formula is C22H21ClN2O3S. The first-order valence-electron chi connectivity index (χ1n) is 9.02. The van der Waals surface area contributed by atoms with Gasteiger partial charge in [0.2, 0.25) is 0 Å². The molecule has 2 amide bonds. The second kappa shape index (κ2) is 9.67. The lowest BCUT2D eigenvalue weighted by Crippen LogP contribution is -2.32. The molecule has 7 heteroatoms. The van der Waals surface area contributed by atoms with Gasteiger partial charge < -0.3 is 9.64 Å². The molecule has 29 heavy (non-hydrogen) atoms. The first kappa shape index (κ1) is 21.0. The zero-order chi connectivity index (χ0) is 20.8. The van der Waals surface area contributed by atoms with Gasteiger partial charge in [-0.15, -0.1) is 0 Å². The summed E-state index contributed by atoms with van der Waals surface area (Å²) in [6, 6.07) is 15.1. The van der Waals surface area contributed by atoms with Gasteiger partial charge in [0.25, 0.3) is 11.1 Å². The second-order valence-electron chi connectivity index (χ2n) is 6.48. The van der Waals surface area contributed by atoms with Crippen molar-refractivity contribution in [1.29, 1.82) is 0 Å². The van der Waals surface area contributed by atoms with Gasteiger partial charge in [-0.05, 0) is 47.7 Å². The highest BCUT2D eigenvalue weighted by Gasteiger charge is 2.34. The van der Waals surface area contributed by atoms with Crippen LogP contribution in [0.1, 0.15) is 5.56 Å². The number of imide groups is 1. The summed E-state index contributed by atoms with van der Waals surface area (Å²) in [4.78, 5) is 28.2. The largest absolute Gasteiger partial charge is 0.490 e. The maximum Gasteiger partial charge on any atom is 0.293 e. The Bertz CT molecular complexity index is 955. The first-order valence-corrected chi connectivity index (χ1v) is 10.2. The molecule has 0 radical (unpaired) electrons. The molecule has 0 unspecified atom stereocenters. The fourth-order valence-corrected chi connectivity index (χ4v) is 3.65. The van der Waals surface area contributed by atoms with Crippen LogP contribution < -0.4 is 9.64 Å². The van der Waals surface area contributed by atoms with Gasteiger partial charge in [-0.2, -0.15) is 0 Å². The van der Waals surface area contributed by atoms with Crippen LogP contribution in [0, 0.1) is 0 Å². The monoisotopic (exact) mass is 428 g/mol. The van der Waals surface area contributed by atoms with E-state index in [4.69, 9.17) is 16.3 Å². The van der Waals surface area contributed by atoms with Crippen LogP contribution in [0.4, 0.5) is 10.5 Å². The number of carbonyl (C=O) groups is 2. The van der Waals surface area contributed by atoms with Crippen LogP contribution in [0.5, 0.6) is 5.75 Å². The molecule has 3 rings (SSSR count). The number of ether oxygens (including phenoxy) is 1. The molecule has 5 nitrogen and oxygen atoms in total. The van der Waals surface area contributed by atoms with Gasteiger partial charge in [0, 0.05) is 19.8 Å². The number of anilines is 1. The average molecular weight is 429 g/mol. The van der Waals surface area contributed by atoms with E-state index in [9.17, 15) is 9.59 Å². The Labute approximate surface area is 179 Å². The van der Waals surface area contributed by atoms with Gasteiger partial charge in [0.1, 0.15) is 12.4 Å². The Morgan fingerprint density at radius 3 is 2.52 bits per heavy atom. The Morgan fingerprint density at radius 1 is 1.10 bits per heavy atom. The minimum atomic E-state index is -0.310. The molecule has 0 bridgehead atoms. The summed E-state index contributed by atoms with van der Waals surface area (Å²) in [7, 11) is 3.97. The quantitative estimate of drug-likeness (QED) is 0.576. The zero-order valence-electron chi connectivity index (χ0n) is 16.2. The Hall–Kier alpha value is -2.70. The van der Waals surface area contributed by atoms with Crippen molar-refractivity contribution < 1.29 is 14.3 Å². The number of amides is 2. The van der Waals surface area contributed by atoms with Crippen molar-refractivity contribution >= 4 is 46.3 Å². The summed E-state index contributed by atoms with van der Waals surface area (Å²) in [5, 5.41) is 0.193. The number of nitrogens with zero attached hydrogens (tertiary/aromatic N) is 2. The van der Waals surface area contributed by atoms with E-state index in [1.807, 2.05) is 55.4 Å². The van der Waals surface area contributed by atoms with E-state index in [1.165, 1.54) is 4.90 Å². The fourth-order valence-electron chi connectivity index (χ4n) is 2.65. The smallest absolute Gasteiger partial charge is 0.293 e. The molecule has 2 aromatic rings. The zero-order valence-corrected chi connectivity index (χ0v) is 17.7. The molecule has 0 aliphatic carbocycles. The van der Waals surface area contributed by atoms with Crippen LogP contribution >= 0.6 is 23.4 Å². The number of hydrogen-bond donors (Lipinski definition) is 0. The molecule has 1 aliphatic heterocycles. The lowest BCUT2D eigenvalue weighted by Gasteiger charge is -2.13. The van der Waals surface area contributed by atoms with E-state index in [1.54, 1.807) is 30.4 Å². The molecule has 0 aromatic heterocycles. The minimum absolute atomic E-state index is 0.170. The summed E-state index contributed by atoms with van der Waals surface area (Å²) in [6.07, 6.45) is 5.34. The highest BCUT2D eigenvalue weighted by Crippen LogP contribution is 2.30. The van der Waals surface area contributed by atoms with Crippen LogP contribution in [-0.4, -0.2) is 43.3 Å². The van der Waals surface area contributed by atoms with Crippen LogP contribution in [-0.2, 0) is 4.79 Å². The van der Waals surface area contributed by atoms with Crippen LogP contribution in [0.25, 0.3) is 6.08 Å². The van der Waals surface area contributed by atoms with Crippen molar-refractivity contribution in [3.05, 3.63) is 76.2 Å². The van der Waals surface area contributed by atoms with Gasteiger partial charge in [-0.25, -0.2) is 0 Å². The van der Waals surface area contributed by atoms with E-state index in [0.717, 1.165) is 23.0 Å². The summed E-state index contributed by atoms with van der Waals surface area (Å²) >= 11 is 6.97. The highest BCUT2D eigenvalue weighted by atomic mass is 35.5. The maximum absolute atomic E-state index is 12.5. The molecule has 1 saturated heterocycles. The Kier molecular flexibility index (Phi) is 7.01. The number of allylic oxidation sites excluding steroid dienone is 2. The van der Waals surface area contributed by atoms with Crippen molar-refractivity contribution in [3.8, 4) is 5.75 Å². The average Bonchev–Trinajstić information content (AvgIpc) is 2.97. The third-order valence-electron chi connectivity index (χ3n) is 4.23. The molecule has 150 valence electrons. The number of thioether (sulfide) groups is 1. The summed E-state index contributed by atoms with van der Waals surface area (Å²) in [5.41, 5.74) is 2.13. The lowest BCUT2D eigenvalue weighted by atomic mass is 10.2. The fraction of sp³-hybridized carbons (Fsp3) is 0.182. The third-order valence-corrected chi connectivity index (χ3v) is 5.47. The number of benzene rings is 2. The molecule has 0 saturated carbocycles. The molecule has 2 aromatic carbocycles. The SMILES string of the molecule is CN(C)c1ccc(/C=C/C=C2\SC(=O)N(CCOc3ccccc3Cl)C2=O)cc1. The van der Waals surface area contributed by atoms with Gasteiger partial charge >= 0.3 is 0 Å². The molecule has 1 aliphatic rings. The van der Waals surface area contributed by atoms with E-state index in [2.05, 4.69) is 0 Å². The minimum Gasteiger partial charge on any atom is -0.490 e. The van der Waals surface area contributed by atoms with Crippen molar-refractivity contribution in [2.45, 2.75) is 0 Å². The van der Waals surface area contributed by atoms with E-state index >= 15 is 0 Å². The second-order valence-corrected chi connectivity index (χ2v) is 7.88. The molecule has 1 heterocycles. The molecule has 1 fully saturated rings. The van der Waals surface area contributed by atoms with E-state index in [0.29, 0.717) is 15.7 Å². The summed E-state index contributed by atoms with van der Waals surface area (Å²) < 4.78 is 5.57. The van der Waals surface area contributed by atoms with Crippen molar-refractivity contribution in [1.82, 2.24) is 4.90 Å². The molecule has 0 spiro atoms. The lowest BCUT2D eigenvalue weighted by molar-refractivity contribution is -0.123. The number of halogens is 1. The number of rotatable bonds is 7. The van der Waals surface area contributed by atoms with Crippen LogP contribution in [0.2, 0.25) is 5.02 Å². The highest BCUT2D eigenvalue weighted by molar-refractivity contribution is 8.18. The molecule has 0 atom stereocenters. The number of para-hydroxylation sites is 1. The van der Waals surface area contributed by atoms with Gasteiger partial charge in [0.05, 0.1) is 16.5 Å². The normalized spacial score (nSPS) is 15.6. The van der Waals surface area contributed by atoms with Crippen molar-refractivity contribution in [3.63, 3.8) is 0 Å². The standard InChI is InChI=1S/C22H21ClN2O3S/c1-24(2)17-12-10-16(11-13-17)6-5-9-20-21(26)25(22(27)29-20)14-15-28-19-8-4-3-7-18(19)23/h3-13H,14-15H2,1-2H3/b6-5+,20-9-. The maximum atomic E-state index is 12.5. The first-order chi connectivity index (χ1) is 14.0. The number of hydrogen-bond acceptors (Lipinski definition) is 5. The van der Waals surface area contributed by atoms with Gasteiger partial charge in [-0.3, -0.25) is 14.5 Å². The topological polar surface area (TPSA) is 49.9 Å².